The zero-order valence-corrected chi connectivity index (χ0v) is 12.5. The SMILES string of the molecule is CCC1NC(C)(CC)C(=O)N1C1CCC(C)(C)C1. The van der Waals surface area contributed by atoms with Crippen LogP contribution in [0.2, 0.25) is 0 Å². The molecule has 104 valence electrons. The Balaban J connectivity index is 2.19. The first kappa shape index (κ1) is 13.9. The quantitative estimate of drug-likeness (QED) is 0.837. The molecule has 1 saturated carbocycles. The molecule has 2 rings (SSSR count). The van der Waals surface area contributed by atoms with Gasteiger partial charge in [-0.2, -0.15) is 0 Å². The van der Waals surface area contributed by atoms with E-state index in [2.05, 4.69) is 44.8 Å². The first-order chi connectivity index (χ1) is 8.33. The molecule has 0 spiro atoms. The van der Waals surface area contributed by atoms with Crippen LogP contribution in [-0.2, 0) is 4.79 Å². The number of hydrogen-bond acceptors (Lipinski definition) is 2. The second-order valence-corrected chi connectivity index (χ2v) is 7.03. The van der Waals surface area contributed by atoms with Crippen LogP contribution in [0.5, 0.6) is 0 Å². The molecule has 3 nitrogen and oxygen atoms in total. The molecule has 1 heterocycles. The van der Waals surface area contributed by atoms with Gasteiger partial charge in [0.1, 0.15) is 0 Å². The van der Waals surface area contributed by atoms with Gasteiger partial charge in [0.15, 0.2) is 0 Å². The van der Waals surface area contributed by atoms with E-state index in [0.717, 1.165) is 25.7 Å². The summed E-state index contributed by atoms with van der Waals surface area (Å²) in [5.74, 6) is 0.319. The van der Waals surface area contributed by atoms with Crippen molar-refractivity contribution in [2.45, 2.75) is 84.5 Å². The minimum Gasteiger partial charge on any atom is -0.323 e. The normalized spacial score (nSPS) is 39.6. The largest absolute Gasteiger partial charge is 0.323 e. The average molecular weight is 252 g/mol. The molecule has 0 aromatic carbocycles. The second-order valence-electron chi connectivity index (χ2n) is 7.03. The Kier molecular flexibility index (Phi) is 3.48. The first-order valence-corrected chi connectivity index (χ1v) is 7.43. The monoisotopic (exact) mass is 252 g/mol. The van der Waals surface area contributed by atoms with E-state index in [1.54, 1.807) is 0 Å². The molecule has 18 heavy (non-hydrogen) atoms. The van der Waals surface area contributed by atoms with E-state index in [4.69, 9.17) is 0 Å². The van der Waals surface area contributed by atoms with Crippen LogP contribution in [0.3, 0.4) is 0 Å². The fourth-order valence-corrected chi connectivity index (χ4v) is 3.53. The number of hydrogen-bond donors (Lipinski definition) is 1. The van der Waals surface area contributed by atoms with E-state index in [-0.39, 0.29) is 11.7 Å². The van der Waals surface area contributed by atoms with Gasteiger partial charge in [0, 0.05) is 6.04 Å². The fourth-order valence-electron chi connectivity index (χ4n) is 3.53. The lowest BCUT2D eigenvalue weighted by Crippen LogP contribution is -2.44. The maximum absolute atomic E-state index is 12.7. The molecule has 3 unspecified atom stereocenters. The summed E-state index contributed by atoms with van der Waals surface area (Å²) >= 11 is 0. The number of carbonyl (C=O) groups excluding carboxylic acids is 1. The highest BCUT2D eigenvalue weighted by atomic mass is 16.2. The van der Waals surface area contributed by atoms with E-state index in [9.17, 15) is 4.79 Å². The van der Waals surface area contributed by atoms with Crippen LogP contribution in [0.25, 0.3) is 0 Å². The number of nitrogens with zero attached hydrogens (tertiary/aromatic N) is 1. The highest BCUT2D eigenvalue weighted by Crippen LogP contribution is 2.42. The maximum atomic E-state index is 12.7. The molecule has 1 N–H and O–H groups in total. The Morgan fingerprint density at radius 3 is 2.44 bits per heavy atom. The Morgan fingerprint density at radius 2 is 2.00 bits per heavy atom. The highest BCUT2D eigenvalue weighted by Gasteiger charge is 2.50. The minimum absolute atomic E-state index is 0.237. The summed E-state index contributed by atoms with van der Waals surface area (Å²) in [6, 6.07) is 0.443. The van der Waals surface area contributed by atoms with Gasteiger partial charge in [0.25, 0.3) is 0 Å². The summed E-state index contributed by atoms with van der Waals surface area (Å²) in [7, 11) is 0. The lowest BCUT2D eigenvalue weighted by atomic mass is 9.91. The van der Waals surface area contributed by atoms with Gasteiger partial charge in [-0.3, -0.25) is 10.1 Å². The lowest BCUT2D eigenvalue weighted by molar-refractivity contribution is -0.135. The summed E-state index contributed by atoms with van der Waals surface area (Å²) in [4.78, 5) is 14.9. The number of carbonyl (C=O) groups is 1. The molecular formula is C15H28N2O. The Morgan fingerprint density at radius 1 is 1.33 bits per heavy atom. The zero-order valence-electron chi connectivity index (χ0n) is 12.5. The summed E-state index contributed by atoms with van der Waals surface area (Å²) in [5.41, 5.74) is 0.0574. The van der Waals surface area contributed by atoms with Crippen LogP contribution in [0.15, 0.2) is 0 Å². The van der Waals surface area contributed by atoms with Crippen LogP contribution in [0, 0.1) is 5.41 Å². The molecular weight excluding hydrogens is 224 g/mol. The van der Waals surface area contributed by atoms with Gasteiger partial charge in [-0.25, -0.2) is 0 Å². The molecule has 0 radical (unpaired) electrons. The molecule has 2 aliphatic rings. The summed E-state index contributed by atoms with van der Waals surface area (Å²) in [6.07, 6.45) is 5.66. The highest BCUT2D eigenvalue weighted by molar-refractivity contribution is 5.88. The van der Waals surface area contributed by atoms with Crippen molar-refractivity contribution in [2.75, 3.05) is 0 Å². The van der Waals surface area contributed by atoms with Gasteiger partial charge in [0.05, 0.1) is 11.7 Å². The Labute approximate surface area is 111 Å². The number of nitrogens with one attached hydrogen (secondary N) is 1. The third-order valence-corrected chi connectivity index (χ3v) is 4.96. The third-order valence-electron chi connectivity index (χ3n) is 4.96. The van der Waals surface area contributed by atoms with Crippen molar-refractivity contribution in [2.24, 2.45) is 5.41 Å². The molecule has 0 bridgehead atoms. The smallest absolute Gasteiger partial charge is 0.244 e. The molecule has 1 aliphatic carbocycles. The summed E-state index contributed by atoms with van der Waals surface area (Å²) < 4.78 is 0. The summed E-state index contributed by atoms with van der Waals surface area (Å²) in [5, 5.41) is 3.55. The van der Waals surface area contributed by atoms with E-state index in [1.807, 2.05) is 0 Å². The fraction of sp³-hybridized carbons (Fsp3) is 0.933. The van der Waals surface area contributed by atoms with Crippen LogP contribution < -0.4 is 5.32 Å². The van der Waals surface area contributed by atoms with E-state index >= 15 is 0 Å². The van der Waals surface area contributed by atoms with Crippen LogP contribution in [-0.4, -0.2) is 28.6 Å². The molecule has 0 aromatic rings. The zero-order chi connectivity index (χ0) is 13.6. The van der Waals surface area contributed by atoms with Gasteiger partial charge < -0.3 is 4.90 Å². The van der Waals surface area contributed by atoms with Gasteiger partial charge in [0.2, 0.25) is 5.91 Å². The summed E-state index contributed by atoms with van der Waals surface area (Å²) in [6.45, 7) is 11.0. The van der Waals surface area contributed by atoms with Crippen LogP contribution in [0.1, 0.15) is 66.7 Å². The topological polar surface area (TPSA) is 32.3 Å². The van der Waals surface area contributed by atoms with Gasteiger partial charge in [-0.15, -0.1) is 0 Å². The van der Waals surface area contributed by atoms with E-state index in [0.29, 0.717) is 17.4 Å². The van der Waals surface area contributed by atoms with Gasteiger partial charge in [-0.05, 0) is 44.4 Å². The van der Waals surface area contributed by atoms with Crippen molar-refractivity contribution < 1.29 is 4.79 Å². The molecule has 1 amide bonds. The van der Waals surface area contributed by atoms with Crippen molar-refractivity contribution in [1.82, 2.24) is 10.2 Å². The van der Waals surface area contributed by atoms with Crippen LogP contribution in [0.4, 0.5) is 0 Å². The predicted octanol–water partition coefficient (Wildman–Crippen LogP) is 2.90. The third kappa shape index (κ3) is 2.18. The maximum Gasteiger partial charge on any atom is 0.244 e. The first-order valence-electron chi connectivity index (χ1n) is 7.43. The van der Waals surface area contributed by atoms with Crippen molar-refractivity contribution in [1.29, 1.82) is 0 Å². The van der Waals surface area contributed by atoms with Crippen molar-refractivity contribution >= 4 is 5.91 Å². The molecule has 1 aliphatic heterocycles. The lowest BCUT2D eigenvalue weighted by Gasteiger charge is -2.31. The predicted molar refractivity (Wildman–Crippen MR) is 74.2 cm³/mol. The Hall–Kier alpha value is -0.570. The molecule has 0 aromatic heterocycles. The Bertz CT molecular complexity index is 339. The van der Waals surface area contributed by atoms with E-state index < -0.39 is 0 Å². The van der Waals surface area contributed by atoms with Gasteiger partial charge in [-0.1, -0.05) is 27.7 Å². The van der Waals surface area contributed by atoms with Crippen molar-refractivity contribution in [3.8, 4) is 0 Å². The average Bonchev–Trinajstić information content (AvgIpc) is 2.79. The van der Waals surface area contributed by atoms with Crippen LogP contribution >= 0.6 is 0 Å². The second kappa shape index (κ2) is 4.52. The molecule has 3 heteroatoms. The van der Waals surface area contributed by atoms with Gasteiger partial charge >= 0.3 is 0 Å². The number of rotatable bonds is 3. The number of amides is 1. The van der Waals surface area contributed by atoms with E-state index in [1.165, 1.54) is 6.42 Å². The standard InChI is InChI=1S/C15H28N2O/c1-6-12-16-15(5,7-2)13(18)17(12)11-8-9-14(3,4)10-11/h11-12,16H,6-10H2,1-5H3. The minimum atomic E-state index is -0.340. The molecule has 2 fully saturated rings. The van der Waals surface area contributed by atoms with Crippen molar-refractivity contribution in [3.63, 3.8) is 0 Å². The van der Waals surface area contributed by atoms with Crippen molar-refractivity contribution in [3.05, 3.63) is 0 Å². The molecule has 1 saturated heterocycles. The molecule has 3 atom stereocenters.